The van der Waals surface area contributed by atoms with Crippen molar-refractivity contribution in [2.24, 2.45) is 23.2 Å². The van der Waals surface area contributed by atoms with Crippen LogP contribution in [0.15, 0.2) is 24.3 Å². The van der Waals surface area contributed by atoms with E-state index in [9.17, 15) is 23.3 Å². The van der Waals surface area contributed by atoms with Crippen molar-refractivity contribution in [1.29, 1.82) is 0 Å². The zero-order valence-corrected chi connectivity index (χ0v) is 18.3. The number of sulfone groups is 1. The van der Waals surface area contributed by atoms with Gasteiger partial charge in [0.1, 0.15) is 5.82 Å². The Morgan fingerprint density at radius 2 is 1.66 bits per heavy atom. The van der Waals surface area contributed by atoms with Crippen molar-refractivity contribution in [3.05, 3.63) is 45.6 Å². The molecule has 2 heterocycles. The number of nitrogens with one attached hydrogen (secondary N) is 1. The third-order valence-electron chi connectivity index (χ3n) is 7.84. The van der Waals surface area contributed by atoms with E-state index < -0.39 is 14.8 Å². The molecule has 10 heteroatoms. The molecular formula is C22H24N4O5S. The number of nitro groups is 1. The zero-order valence-electron chi connectivity index (χ0n) is 17.5. The van der Waals surface area contributed by atoms with Gasteiger partial charge in [-0.15, -0.1) is 0 Å². The number of nitrogens with zero attached hydrogens (tertiary/aromatic N) is 3. The molecule has 7 rings (SSSR count). The third-order valence-corrected chi connectivity index (χ3v) is 9.29. The summed E-state index contributed by atoms with van der Waals surface area (Å²) in [5.41, 5.74) is 1.08. The lowest BCUT2D eigenvalue weighted by Crippen LogP contribution is -2.52. The van der Waals surface area contributed by atoms with Crippen LogP contribution in [0.4, 0.5) is 11.5 Å². The van der Waals surface area contributed by atoms with Gasteiger partial charge in [-0.2, -0.15) is 5.10 Å². The number of fused-ring (bicyclic) bond motifs is 1. The average molecular weight is 457 g/mol. The van der Waals surface area contributed by atoms with Crippen molar-refractivity contribution in [2.75, 3.05) is 5.32 Å². The van der Waals surface area contributed by atoms with Crippen molar-refractivity contribution in [3.63, 3.8) is 0 Å². The Morgan fingerprint density at radius 3 is 2.22 bits per heavy atom. The molecule has 2 aromatic rings. The number of nitro benzene ring substituents is 1. The highest BCUT2D eigenvalue weighted by molar-refractivity contribution is 7.90. The summed E-state index contributed by atoms with van der Waals surface area (Å²) in [6.07, 6.45) is 6.37. The van der Waals surface area contributed by atoms with Crippen molar-refractivity contribution < 1.29 is 18.1 Å². The monoisotopic (exact) mass is 456 g/mol. The molecule has 5 aliphatic rings. The van der Waals surface area contributed by atoms with Crippen LogP contribution in [0.2, 0.25) is 0 Å². The highest BCUT2D eigenvalue weighted by Crippen LogP contribution is 2.60. The van der Waals surface area contributed by atoms with Crippen molar-refractivity contribution in [2.45, 2.75) is 50.0 Å². The van der Waals surface area contributed by atoms with Gasteiger partial charge in [-0.3, -0.25) is 14.9 Å². The standard InChI is InChI=1S/C22H24N4O5S/c27-21(22-8-13-5-14(9-22)7-15(6-13)10-22)23-20-18-11-32(30,31)12-19(18)24-25(20)16-1-3-17(4-2-16)26(28)29/h1-4,13-15H,5-12H2,(H,23,27). The normalized spacial score (nSPS) is 31.4. The predicted molar refractivity (Wildman–Crippen MR) is 116 cm³/mol. The third kappa shape index (κ3) is 3.07. The molecule has 9 nitrogen and oxygen atoms in total. The predicted octanol–water partition coefficient (Wildman–Crippen LogP) is 3.36. The number of rotatable bonds is 4. The van der Waals surface area contributed by atoms with Crippen molar-refractivity contribution in [1.82, 2.24) is 9.78 Å². The second-order valence-corrected chi connectivity index (χ2v) is 12.2. The number of hydrogen-bond acceptors (Lipinski definition) is 6. The summed E-state index contributed by atoms with van der Waals surface area (Å²) >= 11 is 0. The summed E-state index contributed by atoms with van der Waals surface area (Å²) < 4.78 is 26.0. The Morgan fingerprint density at radius 1 is 1.06 bits per heavy atom. The largest absolute Gasteiger partial charge is 0.310 e. The fraction of sp³-hybridized carbons (Fsp3) is 0.545. The van der Waals surface area contributed by atoms with Gasteiger partial charge in [0.25, 0.3) is 5.69 Å². The summed E-state index contributed by atoms with van der Waals surface area (Å²) in [5.74, 6) is 1.85. The Labute approximate surface area is 185 Å². The molecule has 1 N–H and O–H groups in total. The average Bonchev–Trinajstić information content (AvgIpc) is 3.19. The van der Waals surface area contributed by atoms with Gasteiger partial charge in [0.05, 0.1) is 33.2 Å². The molecule has 4 fully saturated rings. The molecule has 1 aliphatic heterocycles. The Balaban J connectivity index is 1.38. The summed E-state index contributed by atoms with van der Waals surface area (Å²) in [6, 6.07) is 5.89. The van der Waals surface area contributed by atoms with Gasteiger partial charge >= 0.3 is 0 Å². The van der Waals surface area contributed by atoms with Crippen LogP contribution in [0.3, 0.4) is 0 Å². The van der Waals surface area contributed by atoms with E-state index >= 15 is 0 Å². The number of non-ortho nitro benzene ring substituents is 1. The number of hydrogen-bond donors (Lipinski definition) is 1. The van der Waals surface area contributed by atoms with Crippen LogP contribution < -0.4 is 5.32 Å². The molecule has 168 valence electrons. The lowest BCUT2D eigenvalue weighted by molar-refractivity contribution is -0.384. The zero-order chi connectivity index (χ0) is 22.3. The van der Waals surface area contributed by atoms with Gasteiger partial charge in [-0.05, 0) is 68.4 Å². The van der Waals surface area contributed by atoms with E-state index in [0.717, 1.165) is 19.3 Å². The smallest absolute Gasteiger partial charge is 0.269 e. The van der Waals surface area contributed by atoms with E-state index in [1.165, 1.54) is 36.1 Å². The van der Waals surface area contributed by atoms with Crippen molar-refractivity contribution >= 4 is 27.2 Å². The molecule has 1 aromatic carbocycles. The van der Waals surface area contributed by atoms with E-state index in [4.69, 9.17) is 0 Å². The Kier molecular flexibility index (Phi) is 4.12. The first-order valence-electron chi connectivity index (χ1n) is 11.1. The van der Waals surface area contributed by atoms with Crippen LogP contribution >= 0.6 is 0 Å². The second-order valence-electron chi connectivity index (χ2n) is 10.1. The van der Waals surface area contributed by atoms with Crippen molar-refractivity contribution in [3.8, 4) is 5.69 Å². The SMILES string of the molecule is O=C(Nc1c2c(nn1-c1ccc([N+](=O)[O-])cc1)CS(=O)(=O)C2)C12CC3CC(CC(C3)C1)C2. The molecule has 32 heavy (non-hydrogen) atoms. The number of benzene rings is 1. The molecule has 1 aromatic heterocycles. The molecular weight excluding hydrogens is 432 g/mol. The quantitative estimate of drug-likeness (QED) is 0.556. The minimum atomic E-state index is -3.30. The van der Waals surface area contributed by atoms with Gasteiger partial charge in [-0.1, -0.05) is 0 Å². The lowest BCUT2D eigenvalue weighted by Gasteiger charge is -2.55. The number of anilines is 1. The van der Waals surface area contributed by atoms with Crippen LogP contribution in [0.5, 0.6) is 0 Å². The van der Waals surface area contributed by atoms with E-state index in [2.05, 4.69) is 10.4 Å². The van der Waals surface area contributed by atoms with E-state index in [-0.39, 0.29) is 28.5 Å². The number of aromatic nitrogens is 2. The maximum absolute atomic E-state index is 13.7. The summed E-state index contributed by atoms with van der Waals surface area (Å²) in [5, 5.41) is 18.6. The first kappa shape index (κ1) is 19.9. The van der Waals surface area contributed by atoms with Crippen LogP contribution in [-0.4, -0.2) is 29.0 Å². The van der Waals surface area contributed by atoms with Gasteiger partial charge in [0, 0.05) is 17.7 Å². The summed E-state index contributed by atoms with van der Waals surface area (Å²) in [4.78, 5) is 24.2. The maximum atomic E-state index is 13.7. The molecule has 0 unspecified atom stereocenters. The molecule has 1 amide bonds. The lowest BCUT2D eigenvalue weighted by atomic mass is 9.49. The molecule has 0 radical (unpaired) electrons. The summed E-state index contributed by atoms with van der Waals surface area (Å²) in [6.45, 7) is 0. The van der Waals surface area contributed by atoms with E-state index in [0.29, 0.717) is 40.5 Å². The first-order chi connectivity index (χ1) is 15.2. The Hall–Kier alpha value is -2.75. The first-order valence-corrected chi connectivity index (χ1v) is 12.9. The summed E-state index contributed by atoms with van der Waals surface area (Å²) in [7, 11) is -3.30. The molecule has 0 spiro atoms. The maximum Gasteiger partial charge on any atom is 0.269 e. The molecule has 0 saturated heterocycles. The minimum Gasteiger partial charge on any atom is -0.310 e. The van der Waals surface area contributed by atoms with Crippen LogP contribution in [-0.2, 0) is 26.1 Å². The molecule has 0 atom stereocenters. The van der Waals surface area contributed by atoms with Crippen LogP contribution in [0.1, 0.15) is 49.8 Å². The number of carbonyl (C=O) groups excluding carboxylic acids is 1. The van der Waals surface area contributed by atoms with Crippen LogP contribution in [0, 0.1) is 33.3 Å². The minimum absolute atomic E-state index is 0.0354. The molecule has 4 bridgehead atoms. The van der Waals surface area contributed by atoms with Gasteiger partial charge in [-0.25, -0.2) is 13.1 Å². The number of carbonyl (C=O) groups is 1. The van der Waals surface area contributed by atoms with E-state index in [1.54, 1.807) is 12.1 Å². The Bertz CT molecular complexity index is 1210. The fourth-order valence-corrected chi connectivity index (χ4v) is 8.40. The molecule has 4 saturated carbocycles. The highest BCUT2D eigenvalue weighted by Gasteiger charge is 2.55. The van der Waals surface area contributed by atoms with Gasteiger partial charge < -0.3 is 5.32 Å². The topological polar surface area (TPSA) is 124 Å². The van der Waals surface area contributed by atoms with Gasteiger partial charge in [0.15, 0.2) is 9.84 Å². The fourth-order valence-electron chi connectivity index (χ4n) is 6.90. The van der Waals surface area contributed by atoms with Crippen LogP contribution in [0.25, 0.3) is 5.69 Å². The number of amides is 1. The highest BCUT2D eigenvalue weighted by atomic mass is 32.2. The molecule has 4 aliphatic carbocycles. The van der Waals surface area contributed by atoms with Gasteiger partial charge in [0.2, 0.25) is 5.91 Å². The van der Waals surface area contributed by atoms with E-state index in [1.807, 2.05) is 0 Å². The second kappa shape index (κ2) is 6.63.